The van der Waals surface area contributed by atoms with Crippen LogP contribution in [0.15, 0.2) is 46.9 Å². The van der Waals surface area contributed by atoms with Gasteiger partial charge < -0.3 is 19.2 Å². The van der Waals surface area contributed by atoms with Crippen molar-refractivity contribution in [3.8, 4) is 5.75 Å². The molecule has 3 rings (SSSR count). The minimum atomic E-state index is -0.819. The summed E-state index contributed by atoms with van der Waals surface area (Å²) < 4.78 is 15.4. The maximum absolute atomic E-state index is 12.2. The van der Waals surface area contributed by atoms with Crippen LogP contribution < -0.4 is 15.4 Å². The van der Waals surface area contributed by atoms with E-state index in [1.165, 1.54) is 7.11 Å². The van der Waals surface area contributed by atoms with E-state index in [9.17, 15) is 14.4 Å². The molecule has 1 aromatic heterocycles. The molecule has 0 saturated heterocycles. The lowest BCUT2D eigenvalue weighted by Gasteiger charge is -2.08. The normalized spacial score (nSPS) is 10.4. The number of aryl methyl sites for hydroxylation is 1. The lowest BCUT2D eigenvalue weighted by Crippen LogP contribution is -2.37. The first-order valence-electron chi connectivity index (χ1n) is 8.48. The van der Waals surface area contributed by atoms with Crippen molar-refractivity contribution in [2.75, 3.05) is 19.0 Å². The number of carbonyl (C=O) groups excluding carboxylic acids is 3. The van der Waals surface area contributed by atoms with Crippen LogP contribution in [0, 0.1) is 6.92 Å². The fraction of sp³-hybridized carbons (Fsp3) is 0.150. The SMILES string of the molecule is COc1ccc(NC(=O)NC(=O)COC(=O)c2oc3ccc(Cl)cc3c2C)cc1. The summed E-state index contributed by atoms with van der Waals surface area (Å²) in [6, 6.07) is 10.7. The number of urea groups is 1. The van der Waals surface area contributed by atoms with Crippen LogP contribution in [-0.4, -0.2) is 31.6 Å². The minimum Gasteiger partial charge on any atom is -0.497 e. The molecule has 0 fully saturated rings. The zero-order valence-corrected chi connectivity index (χ0v) is 16.3. The van der Waals surface area contributed by atoms with Crippen molar-refractivity contribution in [2.24, 2.45) is 0 Å². The molecule has 2 N–H and O–H groups in total. The van der Waals surface area contributed by atoms with E-state index < -0.39 is 24.5 Å². The van der Waals surface area contributed by atoms with Gasteiger partial charge in [-0.1, -0.05) is 11.6 Å². The molecule has 8 nitrogen and oxygen atoms in total. The van der Waals surface area contributed by atoms with Crippen LogP contribution in [0.5, 0.6) is 5.75 Å². The van der Waals surface area contributed by atoms with Crippen LogP contribution in [0.4, 0.5) is 10.5 Å². The highest BCUT2D eigenvalue weighted by Gasteiger charge is 2.20. The molecule has 0 aliphatic carbocycles. The number of amides is 3. The number of benzene rings is 2. The van der Waals surface area contributed by atoms with Gasteiger partial charge in [-0.05, 0) is 49.4 Å². The van der Waals surface area contributed by atoms with Crippen molar-refractivity contribution in [1.82, 2.24) is 5.32 Å². The van der Waals surface area contributed by atoms with Crippen LogP contribution in [0.25, 0.3) is 11.0 Å². The van der Waals surface area contributed by atoms with E-state index in [2.05, 4.69) is 10.6 Å². The zero-order chi connectivity index (χ0) is 21.0. The van der Waals surface area contributed by atoms with E-state index in [-0.39, 0.29) is 5.76 Å². The van der Waals surface area contributed by atoms with Gasteiger partial charge >= 0.3 is 12.0 Å². The topological polar surface area (TPSA) is 107 Å². The molecule has 0 bridgehead atoms. The number of furan rings is 1. The maximum atomic E-state index is 12.2. The summed E-state index contributed by atoms with van der Waals surface area (Å²) in [5.41, 5.74) is 1.48. The standard InChI is InChI=1S/C20H17ClN2O6/c1-11-15-9-12(21)3-8-16(15)29-18(11)19(25)28-10-17(24)23-20(26)22-13-4-6-14(27-2)7-5-13/h3-9H,10H2,1-2H3,(H2,22,23,24,26). The Bertz CT molecular complexity index is 1070. The number of imide groups is 1. The minimum absolute atomic E-state index is 0.0299. The number of rotatable bonds is 5. The summed E-state index contributed by atoms with van der Waals surface area (Å²) in [4.78, 5) is 35.9. The van der Waals surface area contributed by atoms with Crippen LogP contribution in [0.2, 0.25) is 5.02 Å². The Balaban J connectivity index is 1.54. The highest BCUT2D eigenvalue weighted by molar-refractivity contribution is 6.31. The molecule has 0 aliphatic rings. The fourth-order valence-corrected chi connectivity index (χ4v) is 2.76. The number of halogens is 1. The maximum Gasteiger partial charge on any atom is 0.375 e. The Morgan fingerprint density at radius 2 is 1.83 bits per heavy atom. The van der Waals surface area contributed by atoms with Gasteiger partial charge in [0.25, 0.3) is 5.91 Å². The first-order valence-corrected chi connectivity index (χ1v) is 8.86. The summed E-state index contributed by atoms with van der Waals surface area (Å²) >= 11 is 5.95. The van der Waals surface area contributed by atoms with Crippen molar-refractivity contribution in [3.63, 3.8) is 0 Å². The smallest absolute Gasteiger partial charge is 0.375 e. The van der Waals surface area contributed by atoms with Crippen LogP contribution in [0.3, 0.4) is 0 Å². The molecule has 0 radical (unpaired) electrons. The Hall–Kier alpha value is -3.52. The second-order valence-corrected chi connectivity index (χ2v) is 6.44. The van der Waals surface area contributed by atoms with Gasteiger partial charge in [0.1, 0.15) is 11.3 Å². The Morgan fingerprint density at radius 3 is 2.52 bits per heavy atom. The van der Waals surface area contributed by atoms with E-state index in [0.29, 0.717) is 33.0 Å². The molecule has 3 aromatic rings. The number of methoxy groups -OCH3 is 1. The van der Waals surface area contributed by atoms with Crippen molar-refractivity contribution in [2.45, 2.75) is 6.92 Å². The summed E-state index contributed by atoms with van der Waals surface area (Å²) in [6.07, 6.45) is 0. The molecule has 29 heavy (non-hydrogen) atoms. The molecule has 1 heterocycles. The van der Waals surface area contributed by atoms with Crippen LogP contribution in [-0.2, 0) is 9.53 Å². The molecular weight excluding hydrogens is 400 g/mol. The van der Waals surface area contributed by atoms with Crippen molar-refractivity contribution in [3.05, 3.63) is 58.8 Å². The summed E-state index contributed by atoms with van der Waals surface area (Å²) in [7, 11) is 1.52. The van der Waals surface area contributed by atoms with E-state index in [1.807, 2.05) is 0 Å². The lowest BCUT2D eigenvalue weighted by atomic mass is 10.1. The number of ether oxygens (including phenoxy) is 2. The van der Waals surface area contributed by atoms with E-state index in [0.717, 1.165) is 0 Å². The second-order valence-electron chi connectivity index (χ2n) is 6.00. The molecule has 2 aromatic carbocycles. The van der Waals surface area contributed by atoms with Gasteiger partial charge in [-0.25, -0.2) is 9.59 Å². The molecule has 0 unspecified atom stereocenters. The number of hydrogen-bond donors (Lipinski definition) is 2. The first kappa shape index (κ1) is 20.2. The van der Waals surface area contributed by atoms with E-state index in [4.69, 9.17) is 25.5 Å². The number of carbonyl (C=O) groups is 3. The van der Waals surface area contributed by atoms with Gasteiger partial charge in [-0.15, -0.1) is 0 Å². The quantitative estimate of drug-likeness (QED) is 0.611. The average Bonchev–Trinajstić information content (AvgIpc) is 3.03. The van der Waals surface area contributed by atoms with Gasteiger partial charge in [0.2, 0.25) is 5.76 Å². The first-order chi connectivity index (χ1) is 13.9. The lowest BCUT2D eigenvalue weighted by molar-refractivity contribution is -0.123. The van der Waals surface area contributed by atoms with E-state index in [1.54, 1.807) is 49.4 Å². The van der Waals surface area contributed by atoms with Crippen molar-refractivity contribution in [1.29, 1.82) is 0 Å². The predicted molar refractivity (Wildman–Crippen MR) is 106 cm³/mol. The number of anilines is 1. The monoisotopic (exact) mass is 416 g/mol. The van der Waals surface area contributed by atoms with Gasteiger partial charge in [0, 0.05) is 21.7 Å². The fourth-order valence-electron chi connectivity index (χ4n) is 2.58. The third-order valence-electron chi connectivity index (χ3n) is 4.02. The highest BCUT2D eigenvalue weighted by atomic mass is 35.5. The van der Waals surface area contributed by atoms with Crippen molar-refractivity contribution < 1.29 is 28.3 Å². The Morgan fingerprint density at radius 1 is 1.10 bits per heavy atom. The molecule has 0 aliphatic heterocycles. The molecule has 3 amide bonds. The Labute approximate surface area is 170 Å². The van der Waals surface area contributed by atoms with Crippen LogP contribution >= 0.6 is 11.6 Å². The number of fused-ring (bicyclic) bond motifs is 1. The third kappa shape index (κ3) is 4.85. The zero-order valence-electron chi connectivity index (χ0n) is 15.6. The van der Waals surface area contributed by atoms with Crippen molar-refractivity contribution >= 4 is 46.2 Å². The molecule has 9 heteroatoms. The number of esters is 1. The Kier molecular flexibility index (Phi) is 6.04. The summed E-state index contributed by atoms with van der Waals surface area (Å²) in [5.74, 6) is -1.01. The summed E-state index contributed by atoms with van der Waals surface area (Å²) in [5, 5.41) is 5.72. The average molecular weight is 417 g/mol. The largest absolute Gasteiger partial charge is 0.497 e. The number of nitrogens with one attached hydrogen (secondary N) is 2. The summed E-state index contributed by atoms with van der Waals surface area (Å²) in [6.45, 7) is 1.03. The molecule has 0 saturated carbocycles. The van der Waals surface area contributed by atoms with Gasteiger partial charge in [-0.2, -0.15) is 0 Å². The number of hydrogen-bond acceptors (Lipinski definition) is 6. The van der Waals surface area contributed by atoms with Crippen LogP contribution in [0.1, 0.15) is 16.1 Å². The van der Waals surface area contributed by atoms with Gasteiger partial charge in [-0.3, -0.25) is 10.1 Å². The third-order valence-corrected chi connectivity index (χ3v) is 4.25. The second kappa shape index (κ2) is 8.66. The molecule has 150 valence electrons. The van der Waals surface area contributed by atoms with Gasteiger partial charge in [0.05, 0.1) is 7.11 Å². The van der Waals surface area contributed by atoms with Gasteiger partial charge in [0.15, 0.2) is 6.61 Å². The van der Waals surface area contributed by atoms with E-state index >= 15 is 0 Å². The predicted octanol–water partition coefficient (Wildman–Crippen LogP) is 3.91. The molecule has 0 spiro atoms. The molecule has 0 atom stereocenters. The highest BCUT2D eigenvalue weighted by Crippen LogP contribution is 2.28. The molecular formula is C20H17ClN2O6.